The van der Waals surface area contributed by atoms with Gasteiger partial charge in [-0.25, -0.2) is 8.42 Å². The quantitative estimate of drug-likeness (QED) is 0.734. The van der Waals surface area contributed by atoms with Gasteiger partial charge in [0.1, 0.15) is 0 Å². The molecule has 2 heterocycles. The summed E-state index contributed by atoms with van der Waals surface area (Å²) in [4.78, 5) is 28.6. The Kier molecular flexibility index (Phi) is 7.85. The highest BCUT2D eigenvalue weighted by molar-refractivity contribution is 7.89. The molecule has 2 aliphatic rings. The van der Waals surface area contributed by atoms with Gasteiger partial charge in [0.25, 0.3) is 0 Å². The minimum atomic E-state index is -3.54. The highest BCUT2D eigenvalue weighted by Gasteiger charge is 2.28. The summed E-state index contributed by atoms with van der Waals surface area (Å²) in [6.07, 6.45) is 4.43. The van der Waals surface area contributed by atoms with Crippen LogP contribution in [0.2, 0.25) is 0 Å². The van der Waals surface area contributed by atoms with Crippen LogP contribution in [-0.4, -0.2) is 80.2 Å². The lowest BCUT2D eigenvalue weighted by Crippen LogP contribution is -2.48. The molecule has 1 aromatic rings. The number of hydrogen-bond acceptors (Lipinski definition) is 5. The van der Waals surface area contributed by atoms with E-state index in [1.807, 2.05) is 0 Å². The van der Waals surface area contributed by atoms with Crippen LogP contribution >= 0.6 is 0 Å². The minimum absolute atomic E-state index is 0.0226. The molecule has 0 atom stereocenters. The van der Waals surface area contributed by atoms with Gasteiger partial charge in [-0.15, -0.1) is 0 Å². The first-order valence-electron chi connectivity index (χ1n) is 10.8. The summed E-state index contributed by atoms with van der Waals surface area (Å²) >= 11 is 0. The normalized spacial score (nSPS) is 19.9. The average Bonchev–Trinajstić information content (AvgIpc) is 2.74. The Morgan fingerprint density at radius 1 is 0.967 bits per heavy atom. The van der Waals surface area contributed by atoms with Crippen molar-refractivity contribution in [1.82, 2.24) is 14.1 Å². The fourth-order valence-corrected chi connectivity index (χ4v) is 5.32. The van der Waals surface area contributed by atoms with Crippen molar-refractivity contribution >= 4 is 27.5 Å². The number of rotatable bonds is 6. The van der Waals surface area contributed by atoms with Crippen molar-refractivity contribution in [1.29, 1.82) is 0 Å². The second-order valence-electron chi connectivity index (χ2n) is 7.89. The molecule has 8 nitrogen and oxygen atoms in total. The molecule has 0 aromatic heterocycles. The molecule has 0 aliphatic carbocycles. The number of likely N-dealkylation sites (N-methyl/N-ethyl adjacent to an activating group) is 1. The topological polar surface area (TPSA) is 90.0 Å². The predicted molar refractivity (Wildman–Crippen MR) is 116 cm³/mol. The number of nitrogens with zero attached hydrogens (tertiary/aromatic N) is 3. The number of sulfonamides is 1. The molecule has 2 aliphatic heterocycles. The molecule has 2 amide bonds. The van der Waals surface area contributed by atoms with Gasteiger partial charge in [-0.2, -0.15) is 4.31 Å². The van der Waals surface area contributed by atoms with Gasteiger partial charge in [0.2, 0.25) is 21.8 Å². The van der Waals surface area contributed by atoms with Crippen molar-refractivity contribution < 1.29 is 18.0 Å². The van der Waals surface area contributed by atoms with Crippen LogP contribution in [0.1, 0.15) is 39.0 Å². The van der Waals surface area contributed by atoms with E-state index in [2.05, 4.69) is 17.1 Å². The second kappa shape index (κ2) is 10.4. The molecule has 2 saturated heterocycles. The third-order valence-electron chi connectivity index (χ3n) is 5.81. The Labute approximate surface area is 179 Å². The van der Waals surface area contributed by atoms with Crippen LogP contribution in [0, 0.1) is 0 Å². The minimum Gasteiger partial charge on any atom is -0.333 e. The highest BCUT2D eigenvalue weighted by atomic mass is 32.2. The Morgan fingerprint density at radius 3 is 2.30 bits per heavy atom. The smallest absolute Gasteiger partial charge is 0.243 e. The summed E-state index contributed by atoms with van der Waals surface area (Å²) in [5, 5.41) is 2.77. The summed E-state index contributed by atoms with van der Waals surface area (Å²) in [5.41, 5.74) is 0.522. The van der Waals surface area contributed by atoms with Crippen molar-refractivity contribution in [3.05, 3.63) is 24.3 Å². The zero-order chi connectivity index (χ0) is 21.6. The van der Waals surface area contributed by atoms with Crippen molar-refractivity contribution in [3.8, 4) is 0 Å². The van der Waals surface area contributed by atoms with Gasteiger partial charge < -0.3 is 15.1 Å². The molecule has 0 saturated carbocycles. The summed E-state index contributed by atoms with van der Waals surface area (Å²) < 4.78 is 27.2. The van der Waals surface area contributed by atoms with Gasteiger partial charge in [0.15, 0.2) is 0 Å². The molecule has 30 heavy (non-hydrogen) atoms. The van der Waals surface area contributed by atoms with Gasteiger partial charge >= 0.3 is 0 Å². The molecular weight excluding hydrogens is 404 g/mol. The zero-order valence-electron chi connectivity index (χ0n) is 17.7. The molecule has 1 N–H and O–H groups in total. The lowest BCUT2D eigenvalue weighted by atomic mass is 10.1. The molecule has 0 unspecified atom stereocenters. The van der Waals surface area contributed by atoms with Crippen molar-refractivity contribution in [2.75, 3.05) is 51.1 Å². The molecule has 166 valence electrons. The number of likely N-dealkylation sites (tertiary alicyclic amines) is 1. The summed E-state index contributed by atoms with van der Waals surface area (Å²) in [6.45, 7) is 6.07. The number of piperazine rings is 1. The van der Waals surface area contributed by atoms with E-state index in [1.54, 1.807) is 17.0 Å². The average molecular weight is 437 g/mol. The van der Waals surface area contributed by atoms with Gasteiger partial charge in [-0.1, -0.05) is 19.8 Å². The van der Waals surface area contributed by atoms with Gasteiger partial charge in [0, 0.05) is 44.8 Å². The predicted octanol–water partition coefficient (Wildman–Crippen LogP) is 1.74. The summed E-state index contributed by atoms with van der Waals surface area (Å²) in [6, 6.07) is 6.25. The fraction of sp³-hybridized carbons (Fsp3) is 0.619. The maximum atomic E-state index is 12.9. The largest absolute Gasteiger partial charge is 0.333 e. The third-order valence-corrected chi connectivity index (χ3v) is 7.72. The molecule has 0 radical (unpaired) electrons. The van der Waals surface area contributed by atoms with Crippen LogP contribution in [0.3, 0.4) is 0 Å². The van der Waals surface area contributed by atoms with Crippen LogP contribution in [0.25, 0.3) is 0 Å². The maximum Gasteiger partial charge on any atom is 0.243 e. The first-order chi connectivity index (χ1) is 14.4. The van der Waals surface area contributed by atoms with E-state index in [4.69, 9.17) is 0 Å². The number of amides is 2. The Morgan fingerprint density at radius 2 is 1.63 bits per heavy atom. The Bertz CT molecular complexity index is 833. The van der Waals surface area contributed by atoms with Crippen LogP contribution in [-0.2, 0) is 19.6 Å². The SMILES string of the molecule is CCN1CCN(S(=O)(=O)c2ccc(NC(=O)CN3CCCCCCC3=O)cc2)CC1. The first kappa shape index (κ1) is 22.7. The molecule has 1 aromatic carbocycles. The van der Waals surface area contributed by atoms with E-state index in [0.717, 1.165) is 45.3 Å². The van der Waals surface area contributed by atoms with Crippen molar-refractivity contribution in [2.24, 2.45) is 0 Å². The standard InChI is InChI=1S/C21H32N4O4S/c1-2-23-13-15-25(16-14-23)30(28,29)19-10-8-18(9-11-19)22-20(26)17-24-12-6-4-3-5-7-21(24)27/h8-11H,2-7,12-17H2,1H3,(H,22,26). The number of carbonyl (C=O) groups excluding carboxylic acids is 2. The van der Waals surface area contributed by atoms with Crippen molar-refractivity contribution in [2.45, 2.75) is 43.9 Å². The van der Waals surface area contributed by atoms with E-state index < -0.39 is 10.0 Å². The van der Waals surface area contributed by atoms with E-state index >= 15 is 0 Å². The van der Waals surface area contributed by atoms with E-state index in [0.29, 0.717) is 31.7 Å². The maximum absolute atomic E-state index is 12.9. The highest BCUT2D eigenvalue weighted by Crippen LogP contribution is 2.20. The monoisotopic (exact) mass is 436 g/mol. The Balaban J connectivity index is 1.57. The number of nitrogens with one attached hydrogen (secondary N) is 1. The van der Waals surface area contributed by atoms with Crippen LogP contribution in [0.5, 0.6) is 0 Å². The number of hydrogen-bond donors (Lipinski definition) is 1. The second-order valence-corrected chi connectivity index (χ2v) is 9.83. The van der Waals surface area contributed by atoms with Crippen LogP contribution in [0.15, 0.2) is 29.2 Å². The lowest BCUT2D eigenvalue weighted by Gasteiger charge is -2.33. The molecule has 0 spiro atoms. The van der Waals surface area contributed by atoms with Gasteiger partial charge in [0.05, 0.1) is 11.4 Å². The number of benzene rings is 1. The van der Waals surface area contributed by atoms with Gasteiger partial charge in [-0.05, 0) is 43.7 Å². The van der Waals surface area contributed by atoms with Gasteiger partial charge in [-0.3, -0.25) is 9.59 Å². The molecule has 2 fully saturated rings. The number of carbonyl (C=O) groups is 2. The third kappa shape index (κ3) is 5.80. The summed E-state index contributed by atoms with van der Waals surface area (Å²) in [7, 11) is -3.54. The lowest BCUT2D eigenvalue weighted by molar-refractivity contribution is -0.135. The zero-order valence-corrected chi connectivity index (χ0v) is 18.5. The first-order valence-corrected chi connectivity index (χ1v) is 12.2. The summed E-state index contributed by atoms with van der Waals surface area (Å²) in [5.74, 6) is -0.246. The van der Waals surface area contributed by atoms with Crippen LogP contribution in [0.4, 0.5) is 5.69 Å². The van der Waals surface area contributed by atoms with E-state index in [1.165, 1.54) is 16.4 Å². The molecule has 0 bridgehead atoms. The molecule has 9 heteroatoms. The fourth-order valence-electron chi connectivity index (χ4n) is 3.90. The molecular formula is C21H32N4O4S. The number of anilines is 1. The van der Waals surface area contributed by atoms with Crippen LogP contribution < -0.4 is 5.32 Å². The van der Waals surface area contributed by atoms with E-state index in [9.17, 15) is 18.0 Å². The van der Waals surface area contributed by atoms with Crippen molar-refractivity contribution in [3.63, 3.8) is 0 Å². The molecule has 3 rings (SSSR count). The Hall–Kier alpha value is -1.97. The van der Waals surface area contributed by atoms with E-state index in [-0.39, 0.29) is 23.3 Å².